The fraction of sp³-hybridized carbons (Fsp3) is 0.385. The van der Waals surface area contributed by atoms with Gasteiger partial charge in [0.05, 0.1) is 11.0 Å². The molecule has 0 unspecified atom stereocenters. The van der Waals surface area contributed by atoms with Gasteiger partial charge in [-0.05, 0) is 18.6 Å². The van der Waals surface area contributed by atoms with E-state index in [9.17, 15) is 0 Å². The van der Waals surface area contributed by atoms with Gasteiger partial charge < -0.3 is 16.0 Å². The lowest BCUT2D eigenvalue weighted by molar-refractivity contribution is 0.751. The third kappa shape index (κ3) is 1.86. The highest BCUT2D eigenvalue weighted by Gasteiger charge is 2.23. The van der Waals surface area contributed by atoms with Crippen molar-refractivity contribution in [3.05, 3.63) is 24.3 Å². The van der Waals surface area contributed by atoms with Crippen LogP contribution in [0, 0.1) is 0 Å². The number of hydrogen-bond donors (Lipinski definition) is 2. The summed E-state index contributed by atoms with van der Waals surface area (Å²) in [4.78, 5) is 11.5. The SMILES string of the molecule is CNc1nc2ccccc2nc1N1CC[C@H](N)C1. The van der Waals surface area contributed by atoms with E-state index in [1.807, 2.05) is 31.3 Å². The van der Waals surface area contributed by atoms with Gasteiger partial charge in [-0.1, -0.05) is 12.1 Å². The summed E-state index contributed by atoms with van der Waals surface area (Å²) < 4.78 is 0. The molecule has 3 rings (SSSR count). The Balaban J connectivity index is 2.09. The summed E-state index contributed by atoms with van der Waals surface area (Å²) in [5, 5.41) is 3.12. The maximum Gasteiger partial charge on any atom is 0.172 e. The summed E-state index contributed by atoms with van der Waals surface area (Å²) in [5.41, 5.74) is 7.79. The first-order chi connectivity index (χ1) is 8.78. The Hall–Kier alpha value is -1.88. The van der Waals surface area contributed by atoms with Crippen molar-refractivity contribution < 1.29 is 0 Å². The van der Waals surface area contributed by atoms with Gasteiger partial charge in [-0.25, -0.2) is 9.97 Å². The topological polar surface area (TPSA) is 67.1 Å². The van der Waals surface area contributed by atoms with Crippen LogP contribution in [0.5, 0.6) is 0 Å². The Kier molecular flexibility index (Phi) is 2.76. The number of anilines is 2. The van der Waals surface area contributed by atoms with Crippen LogP contribution in [-0.4, -0.2) is 36.1 Å². The molecule has 1 fully saturated rings. The summed E-state index contributed by atoms with van der Waals surface area (Å²) in [6.45, 7) is 1.80. The van der Waals surface area contributed by atoms with E-state index in [4.69, 9.17) is 10.7 Å². The molecule has 3 N–H and O–H groups in total. The number of nitrogens with one attached hydrogen (secondary N) is 1. The van der Waals surface area contributed by atoms with E-state index >= 15 is 0 Å². The lowest BCUT2D eigenvalue weighted by atomic mass is 10.3. The summed E-state index contributed by atoms with van der Waals surface area (Å²) in [7, 11) is 1.87. The smallest absolute Gasteiger partial charge is 0.172 e. The molecule has 1 aliphatic rings. The Morgan fingerprint density at radius 3 is 2.61 bits per heavy atom. The van der Waals surface area contributed by atoms with Crippen LogP contribution in [0.3, 0.4) is 0 Å². The van der Waals surface area contributed by atoms with Crippen molar-refractivity contribution >= 4 is 22.7 Å². The zero-order chi connectivity index (χ0) is 12.5. The summed E-state index contributed by atoms with van der Waals surface area (Å²) in [5.74, 6) is 1.73. The van der Waals surface area contributed by atoms with E-state index in [1.165, 1.54) is 0 Å². The standard InChI is InChI=1S/C13H17N5/c1-15-12-13(18-7-6-9(14)8-18)17-11-5-3-2-4-10(11)16-12/h2-5,9H,6-8,14H2,1H3,(H,15,16)/t9-/m0/s1. The van der Waals surface area contributed by atoms with Gasteiger partial charge in [0.25, 0.3) is 0 Å². The number of fused-ring (bicyclic) bond motifs is 1. The molecule has 1 aliphatic heterocycles. The summed E-state index contributed by atoms with van der Waals surface area (Å²) >= 11 is 0. The normalized spacial score (nSPS) is 19.4. The molecule has 0 bridgehead atoms. The average Bonchev–Trinajstić information content (AvgIpc) is 2.83. The fourth-order valence-electron chi connectivity index (χ4n) is 2.36. The molecule has 1 aromatic carbocycles. The molecule has 0 spiro atoms. The van der Waals surface area contributed by atoms with Gasteiger partial charge in [0.1, 0.15) is 0 Å². The molecule has 1 atom stereocenters. The second kappa shape index (κ2) is 4.42. The maximum absolute atomic E-state index is 5.96. The second-order valence-electron chi connectivity index (χ2n) is 4.63. The van der Waals surface area contributed by atoms with Crippen LogP contribution in [0.2, 0.25) is 0 Å². The molecule has 5 heteroatoms. The van der Waals surface area contributed by atoms with Crippen molar-refractivity contribution in [2.75, 3.05) is 30.4 Å². The highest BCUT2D eigenvalue weighted by Crippen LogP contribution is 2.26. The third-order valence-corrected chi connectivity index (χ3v) is 3.31. The quantitative estimate of drug-likeness (QED) is 0.830. The monoisotopic (exact) mass is 243 g/mol. The van der Waals surface area contributed by atoms with E-state index in [0.717, 1.165) is 42.2 Å². The molecule has 2 aromatic rings. The van der Waals surface area contributed by atoms with Gasteiger partial charge in [-0.2, -0.15) is 0 Å². The van der Waals surface area contributed by atoms with E-state index in [2.05, 4.69) is 15.2 Å². The molecule has 0 radical (unpaired) electrons. The van der Waals surface area contributed by atoms with Gasteiger partial charge in [0, 0.05) is 26.2 Å². The molecular weight excluding hydrogens is 226 g/mol. The third-order valence-electron chi connectivity index (χ3n) is 3.31. The highest BCUT2D eigenvalue weighted by atomic mass is 15.2. The number of rotatable bonds is 2. The number of para-hydroxylation sites is 2. The molecule has 1 aromatic heterocycles. The molecule has 0 saturated carbocycles. The van der Waals surface area contributed by atoms with Crippen LogP contribution >= 0.6 is 0 Å². The largest absolute Gasteiger partial charge is 0.370 e. The van der Waals surface area contributed by atoms with Gasteiger partial charge in [-0.3, -0.25) is 0 Å². The molecule has 94 valence electrons. The predicted molar refractivity (Wildman–Crippen MR) is 73.9 cm³/mol. The first kappa shape index (κ1) is 11.2. The molecule has 2 heterocycles. The zero-order valence-corrected chi connectivity index (χ0v) is 10.4. The Morgan fingerprint density at radius 1 is 1.28 bits per heavy atom. The van der Waals surface area contributed by atoms with Crippen LogP contribution in [-0.2, 0) is 0 Å². The zero-order valence-electron chi connectivity index (χ0n) is 10.4. The summed E-state index contributed by atoms with van der Waals surface area (Å²) in [6.07, 6.45) is 1.01. The molecule has 0 amide bonds. The fourth-order valence-corrected chi connectivity index (χ4v) is 2.36. The van der Waals surface area contributed by atoms with E-state index in [0.29, 0.717) is 0 Å². The maximum atomic E-state index is 5.96. The Morgan fingerprint density at radius 2 is 2.00 bits per heavy atom. The van der Waals surface area contributed by atoms with Gasteiger partial charge >= 0.3 is 0 Å². The first-order valence-corrected chi connectivity index (χ1v) is 6.23. The van der Waals surface area contributed by atoms with E-state index < -0.39 is 0 Å². The first-order valence-electron chi connectivity index (χ1n) is 6.23. The van der Waals surface area contributed by atoms with Crippen molar-refractivity contribution in [2.45, 2.75) is 12.5 Å². The molecule has 18 heavy (non-hydrogen) atoms. The highest BCUT2D eigenvalue weighted by molar-refractivity contribution is 5.80. The molecule has 1 saturated heterocycles. The van der Waals surface area contributed by atoms with Gasteiger partial charge in [0.15, 0.2) is 11.6 Å². The lowest BCUT2D eigenvalue weighted by Crippen LogP contribution is -2.27. The predicted octanol–water partition coefficient (Wildman–Crippen LogP) is 1.21. The lowest BCUT2D eigenvalue weighted by Gasteiger charge is -2.19. The Labute approximate surface area is 106 Å². The van der Waals surface area contributed by atoms with Crippen molar-refractivity contribution in [3.63, 3.8) is 0 Å². The van der Waals surface area contributed by atoms with Gasteiger partial charge in [0.2, 0.25) is 0 Å². The number of aromatic nitrogens is 2. The number of benzene rings is 1. The minimum Gasteiger partial charge on any atom is -0.370 e. The number of hydrogen-bond acceptors (Lipinski definition) is 5. The van der Waals surface area contributed by atoms with E-state index in [-0.39, 0.29) is 6.04 Å². The van der Waals surface area contributed by atoms with Crippen molar-refractivity contribution in [1.29, 1.82) is 0 Å². The van der Waals surface area contributed by atoms with Crippen LogP contribution in [0.4, 0.5) is 11.6 Å². The van der Waals surface area contributed by atoms with Crippen molar-refractivity contribution in [3.8, 4) is 0 Å². The molecular formula is C13H17N5. The second-order valence-corrected chi connectivity index (χ2v) is 4.63. The van der Waals surface area contributed by atoms with Crippen LogP contribution in [0.25, 0.3) is 11.0 Å². The summed E-state index contributed by atoms with van der Waals surface area (Å²) in [6, 6.07) is 8.16. The van der Waals surface area contributed by atoms with Crippen LogP contribution in [0.15, 0.2) is 24.3 Å². The molecule has 0 aliphatic carbocycles. The van der Waals surface area contributed by atoms with Crippen molar-refractivity contribution in [2.24, 2.45) is 5.73 Å². The van der Waals surface area contributed by atoms with E-state index in [1.54, 1.807) is 0 Å². The number of nitrogens with two attached hydrogens (primary N) is 1. The van der Waals surface area contributed by atoms with Crippen LogP contribution in [0.1, 0.15) is 6.42 Å². The average molecular weight is 243 g/mol. The van der Waals surface area contributed by atoms with Gasteiger partial charge in [-0.15, -0.1) is 0 Å². The molecule has 5 nitrogen and oxygen atoms in total. The van der Waals surface area contributed by atoms with Crippen LogP contribution < -0.4 is 16.0 Å². The minimum atomic E-state index is 0.239. The minimum absolute atomic E-state index is 0.239. The number of nitrogens with zero attached hydrogens (tertiary/aromatic N) is 3. The Bertz CT molecular complexity index is 568. The van der Waals surface area contributed by atoms with Crippen molar-refractivity contribution in [1.82, 2.24) is 9.97 Å².